The number of nitrogens with zero attached hydrogens (tertiary/aromatic N) is 2. The molecule has 1 fully saturated rings. The van der Waals surface area contributed by atoms with Crippen LogP contribution >= 0.6 is 0 Å². The Morgan fingerprint density at radius 1 is 1.26 bits per heavy atom. The number of fused-ring (bicyclic) bond motifs is 1. The maximum atomic E-state index is 12.0. The van der Waals surface area contributed by atoms with Crippen LogP contribution in [0.15, 0.2) is 30.6 Å². The van der Waals surface area contributed by atoms with Crippen LogP contribution in [0, 0.1) is 5.92 Å². The average molecular weight is 256 g/mol. The summed E-state index contributed by atoms with van der Waals surface area (Å²) in [4.78, 5) is 20.4. The van der Waals surface area contributed by atoms with Gasteiger partial charge in [-0.2, -0.15) is 0 Å². The molecule has 1 aromatic carbocycles. The van der Waals surface area contributed by atoms with E-state index in [9.17, 15) is 4.79 Å². The van der Waals surface area contributed by atoms with Gasteiger partial charge in [0.2, 0.25) is 0 Å². The van der Waals surface area contributed by atoms with E-state index in [0.29, 0.717) is 24.1 Å². The standard InChI is InChI=1S/C14H16N4O/c15-11-5-9(6-11)8-18-14(19)10-1-2-12-13(7-10)17-4-3-16-12/h1-4,7,9,11H,5-6,8,15H2,(H,18,19). The number of amides is 1. The third kappa shape index (κ3) is 2.56. The number of hydrogen-bond donors (Lipinski definition) is 2. The number of carbonyl (C=O) groups excluding carboxylic acids is 1. The van der Waals surface area contributed by atoms with Crippen molar-refractivity contribution in [2.24, 2.45) is 11.7 Å². The summed E-state index contributed by atoms with van der Waals surface area (Å²) in [6, 6.07) is 5.68. The van der Waals surface area contributed by atoms with Gasteiger partial charge in [0.05, 0.1) is 11.0 Å². The van der Waals surface area contributed by atoms with Crippen LogP contribution in [-0.4, -0.2) is 28.5 Å². The van der Waals surface area contributed by atoms with Gasteiger partial charge >= 0.3 is 0 Å². The van der Waals surface area contributed by atoms with Crippen LogP contribution in [0.3, 0.4) is 0 Å². The van der Waals surface area contributed by atoms with Gasteiger partial charge in [-0.3, -0.25) is 14.8 Å². The predicted octanol–water partition coefficient (Wildman–Crippen LogP) is 1.10. The van der Waals surface area contributed by atoms with Crippen LogP contribution in [0.25, 0.3) is 11.0 Å². The Hall–Kier alpha value is -2.01. The molecule has 0 saturated heterocycles. The molecule has 5 nitrogen and oxygen atoms in total. The fraction of sp³-hybridized carbons (Fsp3) is 0.357. The first-order valence-electron chi connectivity index (χ1n) is 6.47. The smallest absolute Gasteiger partial charge is 0.251 e. The summed E-state index contributed by atoms with van der Waals surface area (Å²) in [6.45, 7) is 0.699. The van der Waals surface area contributed by atoms with E-state index in [1.54, 1.807) is 24.5 Å². The van der Waals surface area contributed by atoms with Crippen molar-refractivity contribution >= 4 is 16.9 Å². The van der Waals surface area contributed by atoms with Gasteiger partial charge in [0, 0.05) is 30.5 Å². The molecule has 3 rings (SSSR count). The van der Waals surface area contributed by atoms with Crippen molar-refractivity contribution in [3.8, 4) is 0 Å². The number of carbonyl (C=O) groups is 1. The van der Waals surface area contributed by atoms with E-state index >= 15 is 0 Å². The topological polar surface area (TPSA) is 80.9 Å². The third-order valence-electron chi connectivity index (χ3n) is 3.55. The van der Waals surface area contributed by atoms with Crippen LogP contribution in [0.1, 0.15) is 23.2 Å². The highest BCUT2D eigenvalue weighted by atomic mass is 16.1. The maximum absolute atomic E-state index is 12.0. The van der Waals surface area contributed by atoms with Crippen LogP contribution in [0.2, 0.25) is 0 Å². The molecule has 3 N–H and O–H groups in total. The maximum Gasteiger partial charge on any atom is 0.251 e. The second-order valence-corrected chi connectivity index (χ2v) is 5.07. The number of nitrogens with two attached hydrogens (primary N) is 1. The van der Waals surface area contributed by atoms with Crippen molar-refractivity contribution in [3.05, 3.63) is 36.2 Å². The SMILES string of the molecule is NC1CC(CNC(=O)c2ccc3nccnc3c2)C1. The lowest BCUT2D eigenvalue weighted by Gasteiger charge is -2.32. The highest BCUT2D eigenvalue weighted by Crippen LogP contribution is 2.24. The van der Waals surface area contributed by atoms with Gasteiger partial charge in [0.25, 0.3) is 5.91 Å². The van der Waals surface area contributed by atoms with E-state index in [1.807, 2.05) is 6.07 Å². The molecule has 1 amide bonds. The van der Waals surface area contributed by atoms with Gasteiger partial charge in [0.1, 0.15) is 0 Å². The summed E-state index contributed by atoms with van der Waals surface area (Å²) < 4.78 is 0. The molecule has 19 heavy (non-hydrogen) atoms. The van der Waals surface area contributed by atoms with Gasteiger partial charge < -0.3 is 11.1 Å². The Morgan fingerprint density at radius 2 is 2.00 bits per heavy atom. The normalized spacial score (nSPS) is 21.9. The molecular weight excluding hydrogens is 240 g/mol. The second-order valence-electron chi connectivity index (χ2n) is 5.07. The average Bonchev–Trinajstić information content (AvgIpc) is 2.41. The molecule has 0 bridgehead atoms. The van der Waals surface area contributed by atoms with Crippen molar-refractivity contribution in [1.82, 2.24) is 15.3 Å². The zero-order chi connectivity index (χ0) is 13.2. The molecule has 0 radical (unpaired) electrons. The first-order valence-corrected chi connectivity index (χ1v) is 6.47. The van der Waals surface area contributed by atoms with E-state index in [-0.39, 0.29) is 5.91 Å². The number of hydrogen-bond acceptors (Lipinski definition) is 4. The minimum absolute atomic E-state index is 0.0620. The zero-order valence-corrected chi connectivity index (χ0v) is 10.5. The molecule has 1 aliphatic carbocycles. The Labute approximate surface area is 111 Å². The van der Waals surface area contributed by atoms with E-state index in [2.05, 4.69) is 15.3 Å². The molecule has 1 heterocycles. The number of nitrogens with one attached hydrogen (secondary N) is 1. The van der Waals surface area contributed by atoms with Crippen molar-refractivity contribution in [2.45, 2.75) is 18.9 Å². The fourth-order valence-corrected chi connectivity index (χ4v) is 2.40. The van der Waals surface area contributed by atoms with Gasteiger partial charge in [-0.1, -0.05) is 0 Å². The summed E-state index contributed by atoms with van der Waals surface area (Å²) >= 11 is 0. The Morgan fingerprint density at radius 3 is 2.74 bits per heavy atom. The number of rotatable bonds is 3. The Kier molecular flexibility index (Phi) is 3.13. The number of aromatic nitrogens is 2. The lowest BCUT2D eigenvalue weighted by molar-refractivity contribution is 0.0935. The molecule has 98 valence electrons. The minimum Gasteiger partial charge on any atom is -0.352 e. The van der Waals surface area contributed by atoms with Gasteiger partial charge in [-0.05, 0) is 37.0 Å². The second kappa shape index (κ2) is 4.93. The summed E-state index contributed by atoms with van der Waals surface area (Å²) in [7, 11) is 0. The molecule has 5 heteroatoms. The van der Waals surface area contributed by atoms with Crippen LogP contribution in [0.4, 0.5) is 0 Å². The fourth-order valence-electron chi connectivity index (χ4n) is 2.40. The van der Waals surface area contributed by atoms with Crippen molar-refractivity contribution < 1.29 is 4.79 Å². The largest absolute Gasteiger partial charge is 0.352 e. The van der Waals surface area contributed by atoms with Crippen molar-refractivity contribution in [1.29, 1.82) is 0 Å². The molecule has 0 spiro atoms. The third-order valence-corrected chi connectivity index (χ3v) is 3.55. The van der Waals surface area contributed by atoms with E-state index in [0.717, 1.165) is 23.9 Å². The molecule has 1 aromatic heterocycles. The molecular formula is C14H16N4O. The Bertz CT molecular complexity index is 607. The van der Waals surface area contributed by atoms with E-state index < -0.39 is 0 Å². The molecule has 2 aromatic rings. The highest BCUT2D eigenvalue weighted by Gasteiger charge is 2.25. The van der Waals surface area contributed by atoms with E-state index in [1.165, 1.54) is 0 Å². The molecule has 0 unspecified atom stereocenters. The van der Waals surface area contributed by atoms with Crippen LogP contribution < -0.4 is 11.1 Å². The van der Waals surface area contributed by atoms with Crippen molar-refractivity contribution in [3.63, 3.8) is 0 Å². The van der Waals surface area contributed by atoms with Crippen LogP contribution in [0.5, 0.6) is 0 Å². The summed E-state index contributed by atoms with van der Waals surface area (Å²) in [6.07, 6.45) is 5.27. The van der Waals surface area contributed by atoms with Crippen molar-refractivity contribution in [2.75, 3.05) is 6.54 Å². The molecule has 1 aliphatic rings. The lowest BCUT2D eigenvalue weighted by Crippen LogP contribution is -2.42. The quantitative estimate of drug-likeness (QED) is 0.861. The molecule has 0 aliphatic heterocycles. The van der Waals surface area contributed by atoms with E-state index in [4.69, 9.17) is 5.73 Å². The number of benzene rings is 1. The first-order chi connectivity index (χ1) is 9.22. The van der Waals surface area contributed by atoms with Gasteiger partial charge in [-0.15, -0.1) is 0 Å². The molecule has 0 atom stereocenters. The predicted molar refractivity (Wildman–Crippen MR) is 72.6 cm³/mol. The van der Waals surface area contributed by atoms with Gasteiger partial charge in [0.15, 0.2) is 0 Å². The minimum atomic E-state index is -0.0620. The monoisotopic (exact) mass is 256 g/mol. The summed E-state index contributed by atoms with van der Waals surface area (Å²) in [5.41, 5.74) is 7.87. The first kappa shape index (κ1) is 12.0. The molecule has 1 saturated carbocycles. The lowest BCUT2D eigenvalue weighted by atomic mass is 9.81. The van der Waals surface area contributed by atoms with Crippen LogP contribution in [-0.2, 0) is 0 Å². The zero-order valence-electron chi connectivity index (χ0n) is 10.5. The van der Waals surface area contributed by atoms with Gasteiger partial charge in [-0.25, -0.2) is 0 Å². The summed E-state index contributed by atoms with van der Waals surface area (Å²) in [5.74, 6) is 0.465. The summed E-state index contributed by atoms with van der Waals surface area (Å²) in [5, 5.41) is 2.94. The Balaban J connectivity index is 1.67. The highest BCUT2D eigenvalue weighted by molar-refractivity contribution is 5.97.